The van der Waals surface area contributed by atoms with Gasteiger partial charge in [-0.1, -0.05) is 131 Å². The molecule has 0 saturated heterocycles. The van der Waals surface area contributed by atoms with Crippen LogP contribution < -0.4 is 15.3 Å². The van der Waals surface area contributed by atoms with Gasteiger partial charge >= 0.3 is 0 Å². The second kappa shape index (κ2) is 13.4. The fraction of sp³-hybridized carbons (Fsp3) is 0.333. The molecule has 2 unspecified atom stereocenters. The second-order valence-electron chi connectivity index (χ2n) is 12.0. The lowest BCUT2D eigenvalue weighted by atomic mass is 9.82. The summed E-state index contributed by atoms with van der Waals surface area (Å²) in [5.41, 5.74) is 6.52. The number of hydrogen-bond donors (Lipinski definition) is 1. The lowest BCUT2D eigenvalue weighted by molar-refractivity contribution is 0.618. The van der Waals surface area contributed by atoms with E-state index in [1.807, 2.05) is 20.8 Å². The normalized spacial score (nSPS) is 13.7. The Kier molecular flexibility index (Phi) is 10.2. The summed E-state index contributed by atoms with van der Waals surface area (Å²) in [6, 6.07) is 37.1. The highest BCUT2D eigenvalue weighted by molar-refractivity contribution is 7.84. The highest BCUT2D eigenvalue weighted by Crippen LogP contribution is 2.43. The van der Waals surface area contributed by atoms with Crippen molar-refractivity contribution in [2.45, 2.75) is 71.1 Å². The zero-order valence-corrected chi connectivity index (χ0v) is 26.7. The molecule has 0 aliphatic carbocycles. The lowest BCUT2D eigenvalue weighted by Gasteiger charge is -2.31. The molecule has 0 saturated carbocycles. The average molecular weight is 570 g/mol. The van der Waals surface area contributed by atoms with Gasteiger partial charge in [0, 0.05) is 6.04 Å². The quantitative estimate of drug-likeness (QED) is 0.190. The Balaban J connectivity index is 1.92. The number of rotatable bonds is 10. The summed E-state index contributed by atoms with van der Waals surface area (Å²) in [4.78, 5) is 0. The average Bonchev–Trinajstić information content (AvgIpc) is 2.95. The van der Waals surface area contributed by atoms with Gasteiger partial charge in [-0.15, -0.1) is 0 Å². The van der Waals surface area contributed by atoms with Gasteiger partial charge in [0.25, 0.3) is 0 Å². The van der Waals surface area contributed by atoms with Crippen LogP contribution in [-0.2, 0) is 11.0 Å². The van der Waals surface area contributed by atoms with E-state index in [0.717, 1.165) is 6.16 Å². The molecule has 0 heterocycles. The van der Waals surface area contributed by atoms with Crippen LogP contribution in [0.2, 0.25) is 0 Å². The molecule has 2 atom stereocenters. The minimum atomic E-state index is -1.23. The van der Waals surface area contributed by atoms with Gasteiger partial charge in [-0.25, -0.2) is 8.93 Å². The first-order chi connectivity index (χ1) is 19.1. The van der Waals surface area contributed by atoms with Gasteiger partial charge in [-0.3, -0.25) is 0 Å². The minimum Gasteiger partial charge on any atom is -0.242 e. The Morgan fingerprint density at radius 2 is 1.10 bits per heavy atom. The number of benzene rings is 4. The van der Waals surface area contributed by atoms with Crippen LogP contribution in [0.4, 0.5) is 0 Å². The zero-order valence-electron chi connectivity index (χ0n) is 25.0. The molecule has 1 N–H and O–H groups in total. The maximum Gasteiger partial charge on any atom is 0.0976 e. The molecule has 0 amide bonds. The third kappa shape index (κ3) is 7.19. The predicted octanol–water partition coefficient (Wildman–Crippen LogP) is 8.83. The van der Waals surface area contributed by atoms with Crippen LogP contribution >= 0.6 is 7.92 Å². The van der Waals surface area contributed by atoms with Gasteiger partial charge in [-0.2, -0.15) is 0 Å². The summed E-state index contributed by atoms with van der Waals surface area (Å²) in [7, 11) is -1.93. The van der Waals surface area contributed by atoms with Gasteiger partial charge in [0.15, 0.2) is 0 Å². The van der Waals surface area contributed by atoms with Crippen molar-refractivity contribution in [1.29, 1.82) is 0 Å². The summed E-state index contributed by atoms with van der Waals surface area (Å²) in [5.74, 6) is 0.783. The standard InChI is InChI=1S/C36H44NOPS/c1-26(2)30-23-16-24-31(27(3)4)35(30)33-22-15-14-21-32(33)34(37-40(38)36(5,6)7)25-39(28-17-10-8-11-18-28)29-19-12-9-13-20-29/h8-24,26-27,34,37H,25H2,1-7H3. The van der Waals surface area contributed by atoms with Crippen molar-refractivity contribution in [2.75, 3.05) is 6.16 Å². The van der Waals surface area contributed by atoms with Crippen molar-refractivity contribution in [3.63, 3.8) is 0 Å². The molecule has 0 bridgehead atoms. The Bertz CT molecular complexity index is 1340. The van der Waals surface area contributed by atoms with E-state index in [2.05, 4.69) is 136 Å². The maximum absolute atomic E-state index is 13.7. The van der Waals surface area contributed by atoms with Crippen molar-refractivity contribution < 1.29 is 4.21 Å². The predicted molar refractivity (Wildman–Crippen MR) is 178 cm³/mol. The van der Waals surface area contributed by atoms with E-state index in [-0.39, 0.29) is 10.8 Å². The first-order valence-corrected chi connectivity index (χ1v) is 17.0. The van der Waals surface area contributed by atoms with E-state index in [9.17, 15) is 4.21 Å². The molecule has 4 aromatic rings. The Morgan fingerprint density at radius 3 is 1.57 bits per heavy atom. The zero-order chi connectivity index (χ0) is 28.9. The van der Waals surface area contributed by atoms with Crippen molar-refractivity contribution in [3.8, 4) is 11.1 Å². The monoisotopic (exact) mass is 569 g/mol. The molecule has 4 heteroatoms. The van der Waals surface area contributed by atoms with Crippen LogP contribution in [0.1, 0.15) is 83.0 Å². The van der Waals surface area contributed by atoms with Crippen LogP contribution in [0, 0.1) is 0 Å². The molecule has 40 heavy (non-hydrogen) atoms. The van der Waals surface area contributed by atoms with Crippen LogP contribution in [0.5, 0.6) is 0 Å². The topological polar surface area (TPSA) is 29.1 Å². The second-order valence-corrected chi connectivity index (χ2v) is 16.3. The fourth-order valence-corrected chi connectivity index (χ4v) is 8.54. The third-order valence-corrected chi connectivity index (χ3v) is 11.5. The van der Waals surface area contributed by atoms with E-state index in [0.29, 0.717) is 11.8 Å². The van der Waals surface area contributed by atoms with Crippen LogP contribution in [0.15, 0.2) is 103 Å². The first kappa shape index (κ1) is 30.4. The third-order valence-electron chi connectivity index (χ3n) is 7.28. The molecule has 2 nitrogen and oxygen atoms in total. The molecule has 0 radical (unpaired) electrons. The highest BCUT2D eigenvalue weighted by Gasteiger charge is 2.29. The number of nitrogens with one attached hydrogen (secondary N) is 1. The van der Waals surface area contributed by atoms with Crippen LogP contribution in [0.3, 0.4) is 0 Å². The first-order valence-electron chi connectivity index (χ1n) is 14.4. The molecule has 0 spiro atoms. The Hall–Kier alpha value is -2.58. The SMILES string of the molecule is CC(C)c1cccc(C(C)C)c1-c1ccccc1C(CP(c1ccccc1)c1ccccc1)NS(=O)C(C)(C)C. The van der Waals surface area contributed by atoms with Gasteiger partial charge in [0.2, 0.25) is 0 Å². The summed E-state index contributed by atoms with van der Waals surface area (Å²) in [5, 5.41) is 2.67. The van der Waals surface area contributed by atoms with Crippen molar-refractivity contribution in [3.05, 3.63) is 120 Å². The lowest BCUT2D eigenvalue weighted by Crippen LogP contribution is -2.38. The molecule has 210 valence electrons. The van der Waals surface area contributed by atoms with E-state index >= 15 is 0 Å². The van der Waals surface area contributed by atoms with Crippen molar-refractivity contribution in [2.24, 2.45) is 0 Å². The Labute approximate surface area is 246 Å². The fourth-order valence-electron chi connectivity index (χ4n) is 5.15. The summed E-state index contributed by atoms with van der Waals surface area (Å²) in [6.07, 6.45) is 0.850. The van der Waals surface area contributed by atoms with E-state index < -0.39 is 18.9 Å². The van der Waals surface area contributed by atoms with Gasteiger partial charge < -0.3 is 0 Å². The molecule has 0 aliphatic rings. The van der Waals surface area contributed by atoms with E-state index in [4.69, 9.17) is 0 Å². The summed E-state index contributed by atoms with van der Waals surface area (Å²) in [6.45, 7) is 15.2. The highest BCUT2D eigenvalue weighted by atomic mass is 32.2. The van der Waals surface area contributed by atoms with Crippen molar-refractivity contribution in [1.82, 2.24) is 4.72 Å². The smallest absolute Gasteiger partial charge is 0.0976 e. The van der Waals surface area contributed by atoms with Crippen molar-refractivity contribution >= 4 is 29.5 Å². The van der Waals surface area contributed by atoms with Crippen LogP contribution in [-0.4, -0.2) is 15.1 Å². The Morgan fingerprint density at radius 1 is 0.650 bits per heavy atom. The molecule has 0 aromatic heterocycles. The van der Waals surface area contributed by atoms with Gasteiger partial charge in [0.05, 0.1) is 15.7 Å². The minimum absolute atomic E-state index is 0.0944. The van der Waals surface area contributed by atoms with Crippen LogP contribution in [0.25, 0.3) is 11.1 Å². The molecule has 4 rings (SSSR count). The maximum atomic E-state index is 13.7. The van der Waals surface area contributed by atoms with Gasteiger partial charge in [-0.05, 0) is 85.1 Å². The summed E-state index contributed by atoms with van der Waals surface area (Å²) < 4.78 is 17.0. The number of hydrogen-bond acceptors (Lipinski definition) is 1. The largest absolute Gasteiger partial charge is 0.242 e. The molecule has 0 fully saturated rings. The molecular formula is C36H44NOPS. The summed E-state index contributed by atoms with van der Waals surface area (Å²) >= 11 is 0. The van der Waals surface area contributed by atoms with E-state index in [1.54, 1.807) is 0 Å². The van der Waals surface area contributed by atoms with Gasteiger partial charge in [0.1, 0.15) is 0 Å². The molecule has 4 aromatic carbocycles. The molecular weight excluding hydrogens is 525 g/mol. The molecule has 0 aliphatic heterocycles. The van der Waals surface area contributed by atoms with E-state index in [1.165, 1.54) is 38.4 Å².